The molecular weight excluding hydrogens is 330 g/mol. The Kier molecular flexibility index (Phi) is 3.96. The Morgan fingerprint density at radius 3 is 2.81 bits per heavy atom. The number of nitrogens with zero attached hydrogens (tertiary/aromatic N) is 4. The van der Waals surface area contributed by atoms with Crippen molar-refractivity contribution >= 4 is 21.6 Å². The van der Waals surface area contributed by atoms with Crippen LogP contribution in [-0.2, 0) is 6.54 Å². The number of halogens is 1. The molecule has 0 fully saturated rings. The number of hydrogen-bond donors (Lipinski definition) is 1. The zero-order valence-electron chi connectivity index (χ0n) is 11.5. The van der Waals surface area contributed by atoms with Crippen molar-refractivity contribution in [2.45, 2.75) is 13.5 Å². The molecule has 0 unspecified atom stereocenters. The van der Waals surface area contributed by atoms with Crippen LogP contribution in [0, 0.1) is 6.92 Å². The van der Waals surface area contributed by atoms with Crippen LogP contribution in [0.2, 0.25) is 0 Å². The van der Waals surface area contributed by atoms with Gasteiger partial charge in [-0.15, -0.1) is 5.10 Å². The average molecular weight is 344 g/mol. The normalized spacial score (nSPS) is 10.6. The molecule has 5 nitrogen and oxygen atoms in total. The van der Waals surface area contributed by atoms with Gasteiger partial charge in [0.25, 0.3) is 0 Å². The summed E-state index contributed by atoms with van der Waals surface area (Å²) in [5.41, 5.74) is 4.37. The number of benzene rings is 2. The van der Waals surface area contributed by atoms with E-state index in [1.807, 2.05) is 24.3 Å². The SMILES string of the molecule is Cc1cc(CNc2ccccc2-n2cnnn2)ccc1Br. The molecule has 1 aromatic heterocycles. The summed E-state index contributed by atoms with van der Waals surface area (Å²) in [6.45, 7) is 2.83. The summed E-state index contributed by atoms with van der Waals surface area (Å²) in [6.07, 6.45) is 1.59. The van der Waals surface area contributed by atoms with Crippen LogP contribution in [-0.4, -0.2) is 20.2 Å². The fourth-order valence-corrected chi connectivity index (χ4v) is 2.36. The van der Waals surface area contributed by atoms with Gasteiger partial charge in [0.05, 0.1) is 11.4 Å². The molecule has 21 heavy (non-hydrogen) atoms. The maximum atomic E-state index is 3.94. The molecule has 3 rings (SSSR count). The van der Waals surface area contributed by atoms with Crippen LogP contribution in [0.4, 0.5) is 5.69 Å². The molecule has 1 heterocycles. The monoisotopic (exact) mass is 343 g/mol. The van der Waals surface area contributed by atoms with Crippen LogP contribution in [0.25, 0.3) is 5.69 Å². The first-order valence-electron chi connectivity index (χ1n) is 6.55. The lowest BCUT2D eigenvalue weighted by Crippen LogP contribution is -2.05. The third kappa shape index (κ3) is 3.11. The largest absolute Gasteiger partial charge is 0.379 e. The quantitative estimate of drug-likeness (QED) is 0.789. The first kappa shape index (κ1) is 13.8. The molecule has 0 aliphatic carbocycles. The van der Waals surface area contributed by atoms with Crippen LogP contribution < -0.4 is 5.32 Å². The van der Waals surface area contributed by atoms with Gasteiger partial charge < -0.3 is 5.32 Å². The molecule has 0 aliphatic heterocycles. The smallest absolute Gasteiger partial charge is 0.143 e. The molecule has 1 N–H and O–H groups in total. The van der Waals surface area contributed by atoms with E-state index in [1.165, 1.54) is 11.1 Å². The summed E-state index contributed by atoms with van der Waals surface area (Å²) in [7, 11) is 0. The van der Waals surface area contributed by atoms with Gasteiger partial charge in [-0.25, -0.2) is 0 Å². The van der Waals surface area contributed by atoms with E-state index in [1.54, 1.807) is 11.0 Å². The second-order valence-corrected chi connectivity index (χ2v) is 5.56. The summed E-state index contributed by atoms with van der Waals surface area (Å²) in [5, 5.41) is 14.7. The Balaban J connectivity index is 1.81. The molecule has 6 heteroatoms. The number of tetrazole rings is 1. The Hall–Kier alpha value is -2.21. The third-order valence-corrected chi connectivity index (χ3v) is 4.09. The zero-order chi connectivity index (χ0) is 14.7. The van der Waals surface area contributed by atoms with E-state index in [-0.39, 0.29) is 0 Å². The second-order valence-electron chi connectivity index (χ2n) is 4.71. The van der Waals surface area contributed by atoms with E-state index in [0.29, 0.717) is 0 Å². The van der Waals surface area contributed by atoms with Crippen LogP contribution in [0.1, 0.15) is 11.1 Å². The number of anilines is 1. The third-order valence-electron chi connectivity index (χ3n) is 3.21. The molecule has 2 aromatic carbocycles. The minimum atomic E-state index is 0.743. The molecule has 0 saturated carbocycles. The highest BCUT2D eigenvalue weighted by molar-refractivity contribution is 9.10. The highest BCUT2D eigenvalue weighted by atomic mass is 79.9. The van der Waals surface area contributed by atoms with Gasteiger partial charge in [-0.3, -0.25) is 0 Å². The summed E-state index contributed by atoms with van der Waals surface area (Å²) in [5.74, 6) is 0. The van der Waals surface area contributed by atoms with Crippen molar-refractivity contribution in [2.24, 2.45) is 0 Å². The van der Waals surface area contributed by atoms with Gasteiger partial charge in [0.15, 0.2) is 0 Å². The van der Waals surface area contributed by atoms with Crippen molar-refractivity contribution in [3.05, 3.63) is 64.4 Å². The van der Waals surface area contributed by atoms with E-state index >= 15 is 0 Å². The number of rotatable bonds is 4. The number of aryl methyl sites for hydroxylation is 1. The molecule has 3 aromatic rings. The molecule has 0 spiro atoms. The molecule has 0 aliphatic rings. The fourth-order valence-electron chi connectivity index (χ4n) is 2.11. The van der Waals surface area contributed by atoms with Gasteiger partial charge in [0, 0.05) is 11.0 Å². The van der Waals surface area contributed by atoms with E-state index in [2.05, 4.69) is 61.9 Å². The van der Waals surface area contributed by atoms with Crippen LogP contribution >= 0.6 is 15.9 Å². The van der Waals surface area contributed by atoms with E-state index in [0.717, 1.165) is 22.4 Å². The van der Waals surface area contributed by atoms with Crippen molar-refractivity contribution in [3.8, 4) is 5.69 Å². The van der Waals surface area contributed by atoms with E-state index in [9.17, 15) is 0 Å². The van der Waals surface area contributed by atoms with E-state index in [4.69, 9.17) is 0 Å². The molecule has 0 atom stereocenters. The number of aromatic nitrogens is 4. The first-order valence-corrected chi connectivity index (χ1v) is 7.34. The summed E-state index contributed by atoms with van der Waals surface area (Å²) >= 11 is 3.52. The van der Waals surface area contributed by atoms with Crippen molar-refractivity contribution in [1.82, 2.24) is 20.2 Å². The summed E-state index contributed by atoms with van der Waals surface area (Å²) in [6, 6.07) is 14.3. The molecule has 106 valence electrons. The summed E-state index contributed by atoms with van der Waals surface area (Å²) in [4.78, 5) is 0. The van der Waals surface area contributed by atoms with Gasteiger partial charge in [0.1, 0.15) is 6.33 Å². The molecule has 0 bridgehead atoms. The predicted molar refractivity (Wildman–Crippen MR) is 85.4 cm³/mol. The maximum absolute atomic E-state index is 3.94. The Morgan fingerprint density at radius 2 is 2.05 bits per heavy atom. The minimum Gasteiger partial charge on any atom is -0.379 e. The minimum absolute atomic E-state index is 0.743. The molecule has 0 saturated heterocycles. The van der Waals surface area contributed by atoms with Crippen molar-refractivity contribution in [1.29, 1.82) is 0 Å². The van der Waals surface area contributed by atoms with E-state index < -0.39 is 0 Å². The van der Waals surface area contributed by atoms with Gasteiger partial charge >= 0.3 is 0 Å². The number of hydrogen-bond acceptors (Lipinski definition) is 4. The standard InChI is InChI=1S/C15H14BrN5/c1-11-8-12(6-7-13(11)16)9-17-14-4-2-3-5-15(14)21-10-18-19-20-21/h2-8,10,17H,9H2,1H3. The highest BCUT2D eigenvalue weighted by Crippen LogP contribution is 2.21. The lowest BCUT2D eigenvalue weighted by Gasteiger charge is -2.12. The molecule has 0 radical (unpaired) electrons. The Bertz CT molecular complexity index is 740. The number of para-hydroxylation sites is 2. The molecule has 0 amide bonds. The Morgan fingerprint density at radius 1 is 1.19 bits per heavy atom. The number of nitrogens with one attached hydrogen (secondary N) is 1. The molecular formula is C15H14BrN5. The first-order chi connectivity index (χ1) is 10.2. The van der Waals surface area contributed by atoms with Gasteiger partial charge in [0.2, 0.25) is 0 Å². The lowest BCUT2D eigenvalue weighted by atomic mass is 10.1. The van der Waals surface area contributed by atoms with Crippen LogP contribution in [0.15, 0.2) is 53.3 Å². The predicted octanol–water partition coefficient (Wildman–Crippen LogP) is 3.35. The average Bonchev–Trinajstić information content (AvgIpc) is 3.03. The topological polar surface area (TPSA) is 55.6 Å². The van der Waals surface area contributed by atoms with Gasteiger partial charge in [-0.2, -0.15) is 4.68 Å². The highest BCUT2D eigenvalue weighted by Gasteiger charge is 2.05. The fraction of sp³-hybridized carbons (Fsp3) is 0.133. The second kappa shape index (κ2) is 6.05. The van der Waals surface area contributed by atoms with Gasteiger partial charge in [-0.1, -0.05) is 40.2 Å². The Labute approximate surface area is 131 Å². The zero-order valence-corrected chi connectivity index (χ0v) is 13.1. The lowest BCUT2D eigenvalue weighted by molar-refractivity contribution is 0.789. The maximum Gasteiger partial charge on any atom is 0.143 e. The van der Waals surface area contributed by atoms with Crippen LogP contribution in [0.5, 0.6) is 0 Å². The van der Waals surface area contributed by atoms with Crippen molar-refractivity contribution in [3.63, 3.8) is 0 Å². The van der Waals surface area contributed by atoms with Crippen molar-refractivity contribution in [2.75, 3.05) is 5.32 Å². The summed E-state index contributed by atoms with van der Waals surface area (Å²) < 4.78 is 2.77. The van der Waals surface area contributed by atoms with Crippen LogP contribution in [0.3, 0.4) is 0 Å². The van der Waals surface area contributed by atoms with Crippen molar-refractivity contribution < 1.29 is 0 Å². The van der Waals surface area contributed by atoms with Gasteiger partial charge in [-0.05, 0) is 46.7 Å².